The lowest BCUT2D eigenvalue weighted by molar-refractivity contribution is -0.131. The smallest absolute Gasteiger partial charge is 0.222 e. The van der Waals surface area contributed by atoms with Gasteiger partial charge in [-0.3, -0.25) is 4.79 Å². The van der Waals surface area contributed by atoms with E-state index < -0.39 is 0 Å². The van der Waals surface area contributed by atoms with Gasteiger partial charge in [-0.25, -0.2) is 0 Å². The molecule has 21 heavy (non-hydrogen) atoms. The third-order valence-electron chi connectivity index (χ3n) is 4.64. The minimum Gasteiger partial charge on any atom is -0.339 e. The van der Waals surface area contributed by atoms with Gasteiger partial charge in [0.05, 0.1) is 0 Å². The van der Waals surface area contributed by atoms with Crippen LogP contribution in [0.1, 0.15) is 31.2 Å². The van der Waals surface area contributed by atoms with E-state index in [0.717, 1.165) is 39.0 Å². The molecule has 3 heteroatoms. The second-order valence-corrected chi connectivity index (χ2v) is 6.08. The van der Waals surface area contributed by atoms with E-state index in [1.54, 1.807) is 0 Å². The van der Waals surface area contributed by atoms with Crippen LogP contribution in [0, 0.1) is 5.92 Å². The predicted molar refractivity (Wildman–Crippen MR) is 85.8 cm³/mol. The van der Waals surface area contributed by atoms with Gasteiger partial charge < -0.3 is 10.2 Å². The Morgan fingerprint density at radius 2 is 2.14 bits per heavy atom. The van der Waals surface area contributed by atoms with Gasteiger partial charge in [0.2, 0.25) is 5.91 Å². The van der Waals surface area contributed by atoms with Crippen molar-refractivity contribution in [3.05, 3.63) is 42.0 Å². The molecule has 3 nitrogen and oxygen atoms in total. The molecular weight excluding hydrogens is 260 g/mol. The lowest BCUT2D eigenvalue weighted by Crippen LogP contribution is -2.34. The summed E-state index contributed by atoms with van der Waals surface area (Å²) in [6, 6.07) is 10.5. The number of nitrogens with zero attached hydrogens (tertiary/aromatic N) is 1. The average molecular weight is 284 g/mol. The zero-order chi connectivity index (χ0) is 14.5. The highest BCUT2D eigenvalue weighted by Gasteiger charge is 2.20. The van der Waals surface area contributed by atoms with Gasteiger partial charge in [0.1, 0.15) is 0 Å². The SMILES string of the molecule is O=C(CCC1CCNC1)N1CC=C(c2ccccc2)CC1. The van der Waals surface area contributed by atoms with Crippen LogP contribution in [-0.2, 0) is 4.79 Å². The van der Waals surface area contributed by atoms with E-state index in [9.17, 15) is 4.79 Å². The van der Waals surface area contributed by atoms with Crippen molar-refractivity contribution in [1.82, 2.24) is 10.2 Å². The molecule has 0 saturated carbocycles. The van der Waals surface area contributed by atoms with E-state index >= 15 is 0 Å². The fraction of sp³-hybridized carbons (Fsp3) is 0.500. The maximum absolute atomic E-state index is 12.3. The molecule has 0 spiro atoms. The minimum absolute atomic E-state index is 0.324. The van der Waals surface area contributed by atoms with Crippen LogP contribution in [0.15, 0.2) is 36.4 Å². The normalized spacial score (nSPS) is 22.2. The maximum atomic E-state index is 12.3. The highest BCUT2D eigenvalue weighted by Crippen LogP contribution is 2.23. The highest BCUT2D eigenvalue weighted by molar-refractivity contribution is 5.78. The lowest BCUT2D eigenvalue weighted by atomic mass is 9.98. The van der Waals surface area contributed by atoms with Gasteiger partial charge in [0.15, 0.2) is 0 Å². The third-order valence-corrected chi connectivity index (χ3v) is 4.64. The van der Waals surface area contributed by atoms with E-state index in [0.29, 0.717) is 18.2 Å². The van der Waals surface area contributed by atoms with Crippen molar-refractivity contribution in [2.24, 2.45) is 5.92 Å². The summed E-state index contributed by atoms with van der Waals surface area (Å²) >= 11 is 0. The summed E-state index contributed by atoms with van der Waals surface area (Å²) in [5.74, 6) is 1.03. The zero-order valence-electron chi connectivity index (χ0n) is 12.6. The lowest BCUT2D eigenvalue weighted by Gasteiger charge is -2.27. The summed E-state index contributed by atoms with van der Waals surface area (Å²) in [7, 11) is 0. The van der Waals surface area contributed by atoms with E-state index in [1.165, 1.54) is 17.6 Å². The molecule has 1 fully saturated rings. The van der Waals surface area contributed by atoms with Crippen LogP contribution in [0.25, 0.3) is 5.57 Å². The van der Waals surface area contributed by atoms with Gasteiger partial charge in [-0.15, -0.1) is 0 Å². The maximum Gasteiger partial charge on any atom is 0.222 e. The Morgan fingerprint density at radius 1 is 1.29 bits per heavy atom. The summed E-state index contributed by atoms with van der Waals surface area (Å²) in [4.78, 5) is 14.3. The number of hydrogen-bond donors (Lipinski definition) is 1. The van der Waals surface area contributed by atoms with Gasteiger partial charge in [-0.1, -0.05) is 36.4 Å². The van der Waals surface area contributed by atoms with E-state index in [4.69, 9.17) is 0 Å². The van der Waals surface area contributed by atoms with E-state index in [1.807, 2.05) is 11.0 Å². The molecule has 2 heterocycles. The molecule has 1 N–H and O–H groups in total. The van der Waals surface area contributed by atoms with Crippen molar-refractivity contribution >= 4 is 11.5 Å². The number of benzene rings is 1. The molecule has 3 rings (SSSR count). The molecule has 1 aromatic rings. The minimum atomic E-state index is 0.324. The van der Waals surface area contributed by atoms with Crippen molar-refractivity contribution in [2.45, 2.75) is 25.7 Å². The summed E-state index contributed by atoms with van der Waals surface area (Å²) < 4.78 is 0. The first-order valence-electron chi connectivity index (χ1n) is 8.06. The van der Waals surface area contributed by atoms with Crippen molar-refractivity contribution in [3.63, 3.8) is 0 Å². The number of rotatable bonds is 4. The van der Waals surface area contributed by atoms with E-state index in [-0.39, 0.29) is 0 Å². The molecule has 0 aromatic heterocycles. The topological polar surface area (TPSA) is 32.3 Å². The Hall–Kier alpha value is -1.61. The fourth-order valence-corrected chi connectivity index (χ4v) is 3.26. The molecule has 112 valence electrons. The van der Waals surface area contributed by atoms with Crippen LogP contribution in [0.2, 0.25) is 0 Å². The van der Waals surface area contributed by atoms with Gasteiger partial charge in [0.25, 0.3) is 0 Å². The standard InChI is InChI=1S/C18H24N2O/c21-18(7-6-15-8-11-19-14-15)20-12-9-17(10-13-20)16-4-2-1-3-5-16/h1-5,9,15,19H,6-8,10-14H2. The van der Waals surface area contributed by atoms with Gasteiger partial charge in [-0.05, 0) is 49.4 Å². The number of carbonyl (C=O) groups is 1. The number of amides is 1. The monoisotopic (exact) mass is 284 g/mol. The second-order valence-electron chi connectivity index (χ2n) is 6.08. The quantitative estimate of drug-likeness (QED) is 0.922. The Labute approximate surface area is 127 Å². The van der Waals surface area contributed by atoms with Gasteiger partial charge >= 0.3 is 0 Å². The van der Waals surface area contributed by atoms with Crippen LogP contribution in [0.4, 0.5) is 0 Å². The molecule has 1 unspecified atom stereocenters. The largest absolute Gasteiger partial charge is 0.339 e. The van der Waals surface area contributed by atoms with Crippen molar-refractivity contribution in [3.8, 4) is 0 Å². The van der Waals surface area contributed by atoms with Crippen LogP contribution >= 0.6 is 0 Å². The van der Waals surface area contributed by atoms with Crippen molar-refractivity contribution < 1.29 is 4.79 Å². The third kappa shape index (κ3) is 3.73. The van der Waals surface area contributed by atoms with Gasteiger partial charge in [0, 0.05) is 19.5 Å². The number of hydrogen-bond acceptors (Lipinski definition) is 2. The fourth-order valence-electron chi connectivity index (χ4n) is 3.26. The molecule has 2 aliphatic heterocycles. The molecule has 0 aliphatic carbocycles. The van der Waals surface area contributed by atoms with Crippen LogP contribution in [0.3, 0.4) is 0 Å². The Bertz CT molecular complexity index is 503. The first kappa shape index (κ1) is 14.3. The molecular formula is C18H24N2O. The second kappa shape index (κ2) is 6.90. The Kier molecular flexibility index (Phi) is 4.71. The molecule has 1 amide bonds. The average Bonchev–Trinajstić information content (AvgIpc) is 3.07. The molecule has 2 aliphatic rings. The molecule has 0 radical (unpaired) electrons. The summed E-state index contributed by atoms with van der Waals surface area (Å²) in [5, 5.41) is 3.37. The van der Waals surface area contributed by atoms with E-state index in [2.05, 4.69) is 35.7 Å². The Balaban J connectivity index is 1.50. The predicted octanol–water partition coefficient (Wildman–Crippen LogP) is 2.69. The first-order valence-corrected chi connectivity index (χ1v) is 8.06. The number of carbonyl (C=O) groups excluding carboxylic acids is 1. The Morgan fingerprint density at radius 3 is 2.81 bits per heavy atom. The van der Waals surface area contributed by atoms with Crippen LogP contribution < -0.4 is 5.32 Å². The van der Waals surface area contributed by atoms with Crippen LogP contribution in [-0.4, -0.2) is 37.0 Å². The van der Waals surface area contributed by atoms with Crippen molar-refractivity contribution in [2.75, 3.05) is 26.2 Å². The highest BCUT2D eigenvalue weighted by atomic mass is 16.2. The van der Waals surface area contributed by atoms with Crippen LogP contribution in [0.5, 0.6) is 0 Å². The molecule has 1 saturated heterocycles. The first-order chi connectivity index (χ1) is 10.3. The molecule has 0 bridgehead atoms. The summed E-state index contributed by atoms with van der Waals surface area (Å²) in [6.07, 6.45) is 6.17. The van der Waals surface area contributed by atoms with Gasteiger partial charge in [-0.2, -0.15) is 0 Å². The molecule has 1 atom stereocenters. The summed E-state index contributed by atoms with van der Waals surface area (Å²) in [6.45, 7) is 3.84. The number of nitrogens with one attached hydrogen (secondary N) is 1. The molecule has 1 aromatic carbocycles. The van der Waals surface area contributed by atoms with Crippen molar-refractivity contribution in [1.29, 1.82) is 0 Å². The zero-order valence-corrected chi connectivity index (χ0v) is 12.6. The summed E-state index contributed by atoms with van der Waals surface area (Å²) in [5.41, 5.74) is 2.67.